The molecule has 3 N–H and O–H groups in total. The lowest BCUT2D eigenvalue weighted by Crippen LogP contribution is -2.30. The van der Waals surface area contributed by atoms with Crippen LogP contribution >= 0.6 is 22.7 Å². The molecule has 3 aromatic rings. The Morgan fingerprint density at radius 2 is 1.97 bits per heavy atom. The zero-order valence-corrected chi connectivity index (χ0v) is 18.4. The molecule has 0 spiro atoms. The molecule has 1 aliphatic rings. The van der Waals surface area contributed by atoms with E-state index in [4.69, 9.17) is 0 Å². The fourth-order valence-electron chi connectivity index (χ4n) is 3.70. The number of carbonyl (C=O) groups excluding carboxylic acids is 2. The fraction of sp³-hybridized carbons (Fsp3) is 0.333. The highest BCUT2D eigenvalue weighted by molar-refractivity contribution is 7.17. The second-order valence-electron chi connectivity index (χ2n) is 7.16. The minimum absolute atomic E-state index is 0.0311. The number of carbonyl (C=O) groups is 2. The van der Waals surface area contributed by atoms with E-state index >= 15 is 0 Å². The van der Waals surface area contributed by atoms with Crippen molar-refractivity contribution in [2.45, 2.75) is 40.3 Å². The van der Waals surface area contributed by atoms with Gasteiger partial charge in [0.2, 0.25) is 0 Å². The maximum Gasteiger partial charge on any atom is 0.320 e. The van der Waals surface area contributed by atoms with Gasteiger partial charge in [-0.25, -0.2) is 4.79 Å². The van der Waals surface area contributed by atoms with Gasteiger partial charge in [-0.3, -0.25) is 10.1 Å². The van der Waals surface area contributed by atoms with E-state index in [9.17, 15) is 9.59 Å². The molecule has 2 amide bonds. The monoisotopic (exact) mass is 428 g/mol. The zero-order chi connectivity index (χ0) is 20.5. The van der Waals surface area contributed by atoms with E-state index in [1.807, 2.05) is 38.4 Å². The van der Waals surface area contributed by atoms with Gasteiger partial charge in [0.25, 0.3) is 0 Å². The minimum atomic E-state index is -0.291. The predicted molar refractivity (Wildman–Crippen MR) is 119 cm³/mol. The van der Waals surface area contributed by atoms with Crippen LogP contribution in [-0.4, -0.2) is 22.9 Å². The highest BCUT2D eigenvalue weighted by atomic mass is 32.1. The summed E-state index contributed by atoms with van der Waals surface area (Å²) in [5.74, 6) is -0.0311. The summed E-state index contributed by atoms with van der Waals surface area (Å²) in [6.07, 6.45) is 5.03. The lowest BCUT2D eigenvalue weighted by Gasteiger charge is -2.15. The van der Waals surface area contributed by atoms with Crippen LogP contribution in [0.2, 0.25) is 0 Å². The van der Waals surface area contributed by atoms with Gasteiger partial charge >= 0.3 is 6.03 Å². The van der Waals surface area contributed by atoms with E-state index in [1.165, 1.54) is 34.3 Å². The van der Waals surface area contributed by atoms with Crippen molar-refractivity contribution in [3.05, 3.63) is 56.5 Å². The Balaban J connectivity index is 1.54. The Hall–Kier alpha value is -2.42. The number of hydrogen-bond donors (Lipinski definition) is 3. The minimum Gasteiger partial charge on any atom is -0.334 e. The first-order chi connectivity index (χ1) is 14.0. The molecule has 0 atom stereocenters. The van der Waals surface area contributed by atoms with Gasteiger partial charge in [0.15, 0.2) is 5.78 Å². The van der Waals surface area contributed by atoms with Crippen LogP contribution in [0.3, 0.4) is 0 Å². The average Bonchev–Trinajstić information content (AvgIpc) is 3.38. The van der Waals surface area contributed by atoms with E-state index in [0.717, 1.165) is 35.0 Å². The molecule has 4 rings (SSSR count). The van der Waals surface area contributed by atoms with Crippen LogP contribution in [0.5, 0.6) is 0 Å². The number of Topliss-reactive ketones (excluding diaryl/α,β-unsaturated/α-hetero) is 1. The van der Waals surface area contributed by atoms with Gasteiger partial charge in [-0.2, -0.15) is 0 Å². The maximum absolute atomic E-state index is 12.6. The smallest absolute Gasteiger partial charge is 0.320 e. The number of hydrogen-bond acceptors (Lipinski definition) is 5. The van der Waals surface area contributed by atoms with Crippen molar-refractivity contribution < 1.29 is 9.59 Å². The molecular weight excluding hydrogens is 404 g/mol. The first-order valence-corrected chi connectivity index (χ1v) is 11.2. The summed E-state index contributed by atoms with van der Waals surface area (Å²) in [5.41, 5.74) is 4.05. The van der Waals surface area contributed by atoms with Crippen LogP contribution in [0.15, 0.2) is 24.5 Å². The van der Waals surface area contributed by atoms with Crippen molar-refractivity contribution >= 4 is 39.5 Å². The van der Waals surface area contributed by atoms with Gasteiger partial charge in [0.05, 0.1) is 5.56 Å². The molecule has 6 nitrogen and oxygen atoms in total. The summed E-state index contributed by atoms with van der Waals surface area (Å²) in [7, 11) is 0. The summed E-state index contributed by atoms with van der Waals surface area (Å²) in [6, 6.07) is 3.72. The third-order valence-corrected chi connectivity index (χ3v) is 7.66. The van der Waals surface area contributed by atoms with E-state index in [1.54, 1.807) is 11.3 Å². The van der Waals surface area contributed by atoms with Gasteiger partial charge in [-0.1, -0.05) is 0 Å². The number of fused-ring (bicyclic) bond motifs is 1. The number of rotatable bonds is 5. The summed E-state index contributed by atoms with van der Waals surface area (Å²) in [4.78, 5) is 27.0. The van der Waals surface area contributed by atoms with Gasteiger partial charge in [-0.05, 0) is 57.0 Å². The van der Waals surface area contributed by atoms with Crippen molar-refractivity contribution in [1.82, 2.24) is 15.2 Å². The summed E-state index contributed by atoms with van der Waals surface area (Å²) in [5, 5.41) is 11.1. The fourth-order valence-corrected chi connectivity index (χ4v) is 6.11. The summed E-state index contributed by atoms with van der Waals surface area (Å²) < 4.78 is 2.11. The van der Waals surface area contributed by atoms with E-state index in [2.05, 4.69) is 20.5 Å². The number of aryl methyl sites for hydroxylation is 1. The quantitative estimate of drug-likeness (QED) is 0.528. The third kappa shape index (κ3) is 3.88. The van der Waals surface area contributed by atoms with Crippen molar-refractivity contribution in [2.75, 3.05) is 11.9 Å². The number of nitrogens with zero attached hydrogens (tertiary/aromatic N) is 1. The molecule has 0 radical (unpaired) electrons. The number of anilines is 1. The molecule has 8 heteroatoms. The first kappa shape index (κ1) is 19.9. The first-order valence-electron chi connectivity index (χ1n) is 9.59. The Labute approximate surface area is 177 Å². The molecule has 3 aromatic heterocycles. The summed E-state index contributed by atoms with van der Waals surface area (Å²) >= 11 is 3.22. The standard InChI is InChI=1S/C21H24N4O2S2/c1-12-14(3)28-19(18(12)13(2)26)24-21(27)23-10-16-15-6-7-22-11-17(15)29-20(16)25-8-4-5-9-25/h4-5,8-9,22H,6-7,10-11H2,1-3H3,(H2,23,24,27). The van der Waals surface area contributed by atoms with Crippen LogP contribution in [0.4, 0.5) is 9.80 Å². The van der Waals surface area contributed by atoms with E-state index < -0.39 is 0 Å². The lowest BCUT2D eigenvalue weighted by atomic mass is 10.0. The van der Waals surface area contributed by atoms with Crippen LogP contribution in [-0.2, 0) is 19.5 Å². The highest BCUT2D eigenvalue weighted by Crippen LogP contribution is 2.35. The number of ketones is 1. The van der Waals surface area contributed by atoms with E-state index in [0.29, 0.717) is 17.1 Å². The van der Waals surface area contributed by atoms with Crippen LogP contribution in [0, 0.1) is 13.8 Å². The molecule has 0 saturated carbocycles. The van der Waals surface area contributed by atoms with Gasteiger partial charge in [0, 0.05) is 40.8 Å². The van der Waals surface area contributed by atoms with Gasteiger partial charge in [0.1, 0.15) is 10.0 Å². The number of aromatic nitrogens is 1. The Bertz CT molecular complexity index is 1060. The Morgan fingerprint density at radius 3 is 2.69 bits per heavy atom. The lowest BCUT2D eigenvalue weighted by molar-refractivity contribution is 0.101. The van der Waals surface area contributed by atoms with Gasteiger partial charge < -0.3 is 15.2 Å². The molecule has 152 valence electrons. The largest absolute Gasteiger partial charge is 0.334 e. The van der Waals surface area contributed by atoms with Crippen molar-refractivity contribution in [2.24, 2.45) is 0 Å². The maximum atomic E-state index is 12.6. The molecule has 0 fully saturated rings. The molecule has 0 unspecified atom stereocenters. The number of thiophene rings is 2. The second kappa shape index (κ2) is 8.14. The second-order valence-corrected chi connectivity index (χ2v) is 9.46. The van der Waals surface area contributed by atoms with Crippen molar-refractivity contribution in [3.63, 3.8) is 0 Å². The molecule has 0 aromatic carbocycles. The molecule has 4 heterocycles. The zero-order valence-electron chi connectivity index (χ0n) is 16.7. The van der Waals surface area contributed by atoms with Crippen LogP contribution in [0.25, 0.3) is 5.00 Å². The molecule has 0 aliphatic carbocycles. The molecule has 0 saturated heterocycles. The normalized spacial score (nSPS) is 13.2. The van der Waals surface area contributed by atoms with Crippen molar-refractivity contribution in [1.29, 1.82) is 0 Å². The van der Waals surface area contributed by atoms with Gasteiger partial charge in [-0.15, -0.1) is 22.7 Å². The number of urea groups is 1. The highest BCUT2D eigenvalue weighted by Gasteiger charge is 2.22. The van der Waals surface area contributed by atoms with Crippen molar-refractivity contribution in [3.8, 4) is 5.00 Å². The Kier molecular flexibility index (Phi) is 5.58. The number of nitrogens with one attached hydrogen (secondary N) is 3. The molecule has 0 bridgehead atoms. The Morgan fingerprint density at radius 1 is 1.21 bits per heavy atom. The molecular formula is C21H24N4O2S2. The molecule has 1 aliphatic heterocycles. The SMILES string of the molecule is CC(=O)c1c(NC(=O)NCc2c(-n3cccc3)sc3c2CCNC3)sc(C)c1C. The topological polar surface area (TPSA) is 75.2 Å². The average molecular weight is 429 g/mol. The predicted octanol–water partition coefficient (Wildman–Crippen LogP) is 4.39. The van der Waals surface area contributed by atoms with Crippen LogP contribution in [0.1, 0.15) is 43.7 Å². The van der Waals surface area contributed by atoms with Crippen LogP contribution < -0.4 is 16.0 Å². The number of amides is 2. The molecule has 29 heavy (non-hydrogen) atoms. The third-order valence-electron chi connectivity index (χ3n) is 5.25. The van der Waals surface area contributed by atoms with E-state index in [-0.39, 0.29) is 11.8 Å². The summed E-state index contributed by atoms with van der Waals surface area (Å²) in [6.45, 7) is 7.68.